The summed E-state index contributed by atoms with van der Waals surface area (Å²) < 4.78 is 7.14. The lowest BCUT2D eigenvalue weighted by Gasteiger charge is -2.18. The number of carbonyl (C=O) groups is 1. The van der Waals surface area contributed by atoms with E-state index in [-0.39, 0.29) is 0 Å². The molecule has 0 unspecified atom stereocenters. The number of halogens is 1. The van der Waals surface area contributed by atoms with Crippen LogP contribution in [0.4, 0.5) is 4.79 Å². The highest BCUT2D eigenvalue weighted by Gasteiger charge is 2.20. The first-order valence-corrected chi connectivity index (χ1v) is 6.98. The number of rotatable bonds is 1. The first-order chi connectivity index (χ1) is 9.26. The summed E-state index contributed by atoms with van der Waals surface area (Å²) in [5.41, 5.74) is 1.65. The number of carbonyl (C=O) groups excluding carboxylic acids is 1. The third-order valence-electron chi connectivity index (χ3n) is 2.38. The van der Waals surface area contributed by atoms with E-state index < -0.39 is 11.7 Å². The predicted octanol–water partition coefficient (Wildman–Crippen LogP) is 3.80. The second-order valence-electron chi connectivity index (χ2n) is 5.41. The molecule has 6 heteroatoms. The van der Waals surface area contributed by atoms with Crippen LogP contribution in [0.1, 0.15) is 26.5 Å². The van der Waals surface area contributed by atoms with Gasteiger partial charge in [-0.05, 0) is 55.8 Å². The molecule has 0 spiro atoms. The molecule has 20 heavy (non-hydrogen) atoms. The summed E-state index contributed by atoms with van der Waals surface area (Å²) >= 11 is 3.40. The zero-order valence-electron chi connectivity index (χ0n) is 11.8. The number of hydrogen-bond donors (Lipinski definition) is 0. The largest absolute Gasteiger partial charge is 0.442 e. The van der Waals surface area contributed by atoms with Crippen molar-refractivity contribution in [3.8, 4) is 11.4 Å². The Bertz CT molecular complexity index is 644. The molecule has 0 saturated heterocycles. The summed E-state index contributed by atoms with van der Waals surface area (Å²) in [5, 5.41) is 4.24. The molecule has 2 heterocycles. The highest BCUT2D eigenvalue weighted by Crippen LogP contribution is 2.25. The van der Waals surface area contributed by atoms with Crippen LogP contribution in [0.3, 0.4) is 0 Å². The number of hydrogen-bond acceptors (Lipinski definition) is 4. The fourth-order valence-corrected chi connectivity index (χ4v) is 2.08. The Hall–Kier alpha value is -1.69. The fraction of sp³-hybridized carbons (Fsp3) is 0.357. The molecular formula is C14H16BrN3O2. The van der Waals surface area contributed by atoms with Crippen LogP contribution in [-0.2, 0) is 4.74 Å². The summed E-state index contributed by atoms with van der Waals surface area (Å²) in [6, 6.07) is 5.65. The number of pyridine rings is 1. The first-order valence-electron chi connectivity index (χ1n) is 6.19. The van der Waals surface area contributed by atoms with E-state index in [1.807, 2.05) is 45.9 Å². The van der Waals surface area contributed by atoms with Crippen LogP contribution in [0.15, 0.2) is 28.9 Å². The van der Waals surface area contributed by atoms with Crippen molar-refractivity contribution in [2.24, 2.45) is 0 Å². The number of aryl methyl sites for hydroxylation is 1. The molecule has 0 bridgehead atoms. The highest BCUT2D eigenvalue weighted by atomic mass is 79.9. The van der Waals surface area contributed by atoms with Crippen LogP contribution in [0.2, 0.25) is 0 Å². The normalized spacial score (nSPS) is 11.4. The van der Waals surface area contributed by atoms with Crippen LogP contribution < -0.4 is 0 Å². The van der Waals surface area contributed by atoms with Crippen LogP contribution >= 0.6 is 15.9 Å². The smallest absolute Gasteiger partial charge is 0.435 e. The van der Waals surface area contributed by atoms with E-state index in [0.29, 0.717) is 15.9 Å². The van der Waals surface area contributed by atoms with Gasteiger partial charge in [-0.3, -0.25) is 4.98 Å². The van der Waals surface area contributed by atoms with Crippen molar-refractivity contribution in [1.29, 1.82) is 0 Å². The first kappa shape index (κ1) is 14.7. The fourth-order valence-electron chi connectivity index (χ4n) is 1.60. The van der Waals surface area contributed by atoms with Gasteiger partial charge in [-0.2, -0.15) is 9.78 Å². The minimum atomic E-state index is -0.558. The third-order valence-corrected chi connectivity index (χ3v) is 2.96. The van der Waals surface area contributed by atoms with E-state index in [9.17, 15) is 4.79 Å². The lowest BCUT2D eigenvalue weighted by atomic mass is 10.2. The minimum absolute atomic E-state index is 0.517. The summed E-state index contributed by atoms with van der Waals surface area (Å²) in [7, 11) is 0. The van der Waals surface area contributed by atoms with E-state index >= 15 is 0 Å². The molecular weight excluding hydrogens is 322 g/mol. The lowest BCUT2D eigenvalue weighted by Crippen LogP contribution is -2.27. The van der Waals surface area contributed by atoms with Gasteiger partial charge in [-0.1, -0.05) is 6.07 Å². The van der Waals surface area contributed by atoms with E-state index in [4.69, 9.17) is 4.74 Å². The van der Waals surface area contributed by atoms with Gasteiger partial charge in [-0.25, -0.2) is 4.79 Å². The number of aromatic nitrogens is 3. The zero-order chi connectivity index (χ0) is 14.9. The summed E-state index contributed by atoms with van der Waals surface area (Å²) in [6.07, 6.45) is 1.06. The Morgan fingerprint density at radius 3 is 2.65 bits per heavy atom. The molecule has 0 radical (unpaired) electrons. The molecule has 0 saturated carbocycles. The van der Waals surface area contributed by atoms with Gasteiger partial charge in [0.2, 0.25) is 0 Å². The standard InChI is InChI=1S/C14H16BrN3O2/c1-9-6-5-7-11(16-9)12-10(15)8-18(17-12)13(19)20-14(2,3)4/h5-8H,1-4H3. The van der Waals surface area contributed by atoms with Crippen molar-refractivity contribution >= 4 is 22.0 Å². The van der Waals surface area contributed by atoms with Crippen LogP contribution in [-0.4, -0.2) is 26.5 Å². The van der Waals surface area contributed by atoms with Gasteiger partial charge in [0, 0.05) is 5.69 Å². The molecule has 0 aliphatic heterocycles. The van der Waals surface area contributed by atoms with Crippen molar-refractivity contribution in [3.63, 3.8) is 0 Å². The van der Waals surface area contributed by atoms with Crippen molar-refractivity contribution < 1.29 is 9.53 Å². The topological polar surface area (TPSA) is 57.0 Å². The van der Waals surface area contributed by atoms with Crippen molar-refractivity contribution in [1.82, 2.24) is 14.8 Å². The monoisotopic (exact) mass is 337 g/mol. The molecule has 0 aromatic carbocycles. The Balaban J connectivity index is 2.33. The molecule has 0 aliphatic rings. The Morgan fingerprint density at radius 2 is 2.05 bits per heavy atom. The molecule has 0 fully saturated rings. The zero-order valence-corrected chi connectivity index (χ0v) is 13.4. The lowest BCUT2D eigenvalue weighted by molar-refractivity contribution is 0.0515. The van der Waals surface area contributed by atoms with E-state index in [0.717, 1.165) is 5.69 Å². The quantitative estimate of drug-likeness (QED) is 0.794. The van der Waals surface area contributed by atoms with Gasteiger partial charge >= 0.3 is 6.09 Å². The highest BCUT2D eigenvalue weighted by molar-refractivity contribution is 9.10. The van der Waals surface area contributed by atoms with Gasteiger partial charge in [0.25, 0.3) is 0 Å². The van der Waals surface area contributed by atoms with E-state index in [2.05, 4.69) is 26.0 Å². The molecule has 0 amide bonds. The molecule has 2 aromatic heterocycles. The molecule has 106 valence electrons. The minimum Gasteiger partial charge on any atom is -0.442 e. The van der Waals surface area contributed by atoms with Crippen LogP contribution in [0.5, 0.6) is 0 Å². The Labute approximate surface area is 126 Å². The Morgan fingerprint density at radius 1 is 1.35 bits per heavy atom. The molecule has 0 aliphatic carbocycles. The Kier molecular flexibility index (Phi) is 3.94. The van der Waals surface area contributed by atoms with Gasteiger partial charge in [0.05, 0.1) is 16.4 Å². The molecule has 2 rings (SSSR count). The maximum atomic E-state index is 12.0. The second-order valence-corrected chi connectivity index (χ2v) is 6.27. The third kappa shape index (κ3) is 3.45. The summed E-state index contributed by atoms with van der Waals surface area (Å²) in [5.74, 6) is 0. The average Bonchev–Trinajstić information content (AvgIpc) is 2.69. The molecule has 0 atom stereocenters. The maximum absolute atomic E-state index is 12.0. The van der Waals surface area contributed by atoms with Crippen molar-refractivity contribution in [2.75, 3.05) is 0 Å². The van der Waals surface area contributed by atoms with Gasteiger partial charge in [0.1, 0.15) is 11.3 Å². The molecule has 5 nitrogen and oxygen atoms in total. The van der Waals surface area contributed by atoms with Crippen molar-refractivity contribution in [3.05, 3.63) is 34.6 Å². The summed E-state index contributed by atoms with van der Waals surface area (Å²) in [6.45, 7) is 7.34. The number of ether oxygens (including phenoxy) is 1. The van der Waals surface area contributed by atoms with Crippen LogP contribution in [0.25, 0.3) is 11.4 Å². The molecule has 0 N–H and O–H groups in total. The van der Waals surface area contributed by atoms with E-state index in [1.54, 1.807) is 6.20 Å². The predicted molar refractivity (Wildman–Crippen MR) is 79.5 cm³/mol. The molecule has 2 aromatic rings. The van der Waals surface area contributed by atoms with Crippen LogP contribution in [0, 0.1) is 6.92 Å². The maximum Gasteiger partial charge on any atom is 0.435 e. The SMILES string of the molecule is Cc1cccc(-c2nn(C(=O)OC(C)(C)C)cc2Br)n1. The summed E-state index contributed by atoms with van der Waals surface area (Å²) in [4.78, 5) is 16.4. The van der Waals surface area contributed by atoms with Gasteiger partial charge in [-0.15, -0.1) is 0 Å². The van der Waals surface area contributed by atoms with Crippen molar-refractivity contribution in [2.45, 2.75) is 33.3 Å². The number of nitrogens with zero attached hydrogens (tertiary/aromatic N) is 3. The second kappa shape index (κ2) is 5.36. The van der Waals surface area contributed by atoms with Gasteiger partial charge < -0.3 is 4.74 Å². The average molecular weight is 338 g/mol. The van der Waals surface area contributed by atoms with Gasteiger partial charge in [0.15, 0.2) is 0 Å². The van der Waals surface area contributed by atoms with E-state index in [1.165, 1.54) is 4.68 Å².